The van der Waals surface area contributed by atoms with Gasteiger partial charge in [0.2, 0.25) is 0 Å². The minimum atomic E-state index is -0.194. The molecule has 4 rings (SSSR count). The summed E-state index contributed by atoms with van der Waals surface area (Å²) in [6.45, 7) is 2.26. The van der Waals surface area contributed by atoms with Crippen LogP contribution in [0.25, 0.3) is 11.1 Å². The van der Waals surface area contributed by atoms with Crippen molar-refractivity contribution in [3.05, 3.63) is 95.1 Å². The summed E-state index contributed by atoms with van der Waals surface area (Å²) in [5, 5.41) is 0. The van der Waals surface area contributed by atoms with Crippen LogP contribution in [0.4, 0.5) is 8.78 Å². The third-order valence-corrected chi connectivity index (χ3v) is 6.86. The van der Waals surface area contributed by atoms with Gasteiger partial charge in [0.05, 0.1) is 0 Å². The Hall–Kier alpha value is -2.48. The van der Waals surface area contributed by atoms with Crippen LogP contribution in [-0.2, 0) is 12.8 Å². The van der Waals surface area contributed by atoms with Crippen molar-refractivity contribution in [2.45, 2.75) is 64.2 Å². The van der Waals surface area contributed by atoms with E-state index in [1.165, 1.54) is 50.2 Å². The van der Waals surface area contributed by atoms with E-state index < -0.39 is 0 Å². The molecule has 2 heteroatoms. The molecule has 1 saturated carbocycles. The highest BCUT2D eigenvalue weighted by Crippen LogP contribution is 2.38. The van der Waals surface area contributed by atoms with Gasteiger partial charge in [0.1, 0.15) is 11.6 Å². The van der Waals surface area contributed by atoms with Crippen LogP contribution in [0.2, 0.25) is 0 Å². The van der Waals surface area contributed by atoms with Crippen LogP contribution in [0, 0.1) is 17.6 Å². The van der Waals surface area contributed by atoms with Gasteiger partial charge < -0.3 is 0 Å². The highest BCUT2D eigenvalue weighted by atomic mass is 19.1. The molecular weight excluding hydrogens is 386 g/mol. The summed E-state index contributed by atoms with van der Waals surface area (Å²) in [6, 6.07) is 20.7. The summed E-state index contributed by atoms with van der Waals surface area (Å²) >= 11 is 0. The zero-order valence-corrected chi connectivity index (χ0v) is 18.4. The molecule has 0 unspecified atom stereocenters. The first-order chi connectivity index (χ1) is 15.1. The predicted molar refractivity (Wildman–Crippen MR) is 125 cm³/mol. The molecule has 0 heterocycles. The lowest BCUT2D eigenvalue weighted by Gasteiger charge is -2.28. The quantitative estimate of drug-likeness (QED) is 0.361. The van der Waals surface area contributed by atoms with E-state index in [1.54, 1.807) is 18.2 Å². The van der Waals surface area contributed by atoms with E-state index in [4.69, 9.17) is 0 Å². The first kappa shape index (κ1) is 21.7. The Kier molecular flexibility index (Phi) is 7.17. The van der Waals surface area contributed by atoms with Gasteiger partial charge in [-0.05, 0) is 90.8 Å². The standard InChI is InChI=1S/C29H32F2/c1-2-4-21-9-13-24(14-10-21)26-17-18-28(29(31)20-26)25-15-11-22(12-16-25)7-8-23-5-3-6-27(30)19-23/h3,5-6,11-12,15-21,24H,2,4,7-10,13-14H2,1H3/t21-,24-. The molecule has 0 spiro atoms. The maximum Gasteiger partial charge on any atom is 0.131 e. The van der Waals surface area contributed by atoms with Crippen molar-refractivity contribution in [1.82, 2.24) is 0 Å². The molecule has 31 heavy (non-hydrogen) atoms. The van der Waals surface area contributed by atoms with Crippen molar-refractivity contribution >= 4 is 0 Å². The van der Waals surface area contributed by atoms with Gasteiger partial charge in [-0.1, -0.05) is 68.3 Å². The number of hydrogen-bond acceptors (Lipinski definition) is 0. The van der Waals surface area contributed by atoms with E-state index >= 15 is 0 Å². The van der Waals surface area contributed by atoms with Gasteiger partial charge in [-0.2, -0.15) is 0 Å². The van der Waals surface area contributed by atoms with Crippen molar-refractivity contribution < 1.29 is 8.78 Å². The topological polar surface area (TPSA) is 0 Å². The fourth-order valence-electron chi connectivity index (χ4n) is 5.04. The van der Waals surface area contributed by atoms with Crippen LogP contribution < -0.4 is 0 Å². The third-order valence-electron chi connectivity index (χ3n) is 6.86. The molecule has 1 fully saturated rings. The minimum absolute atomic E-state index is 0.124. The van der Waals surface area contributed by atoms with E-state index in [2.05, 4.69) is 25.1 Å². The molecule has 0 nitrogen and oxygen atoms in total. The molecule has 0 N–H and O–H groups in total. The van der Waals surface area contributed by atoms with Gasteiger partial charge in [-0.15, -0.1) is 0 Å². The Balaban J connectivity index is 1.39. The number of rotatable bonds is 7. The molecule has 0 aliphatic heterocycles. The Morgan fingerprint density at radius 1 is 0.774 bits per heavy atom. The fourth-order valence-corrected chi connectivity index (χ4v) is 5.04. The van der Waals surface area contributed by atoms with Crippen LogP contribution >= 0.6 is 0 Å². The average Bonchev–Trinajstić information content (AvgIpc) is 2.79. The maximum absolute atomic E-state index is 15.0. The van der Waals surface area contributed by atoms with Gasteiger partial charge in [0.15, 0.2) is 0 Å². The van der Waals surface area contributed by atoms with E-state index in [0.29, 0.717) is 11.5 Å². The summed E-state index contributed by atoms with van der Waals surface area (Å²) in [5.41, 5.74) is 4.90. The lowest BCUT2D eigenvalue weighted by molar-refractivity contribution is 0.308. The monoisotopic (exact) mass is 418 g/mol. The number of benzene rings is 3. The molecule has 0 aromatic heterocycles. The maximum atomic E-state index is 15.0. The van der Waals surface area contributed by atoms with Gasteiger partial charge in [-0.3, -0.25) is 0 Å². The van der Waals surface area contributed by atoms with E-state index in [9.17, 15) is 8.78 Å². The summed E-state index contributed by atoms with van der Waals surface area (Å²) in [5.74, 6) is 1.05. The Bertz CT molecular complexity index is 982. The first-order valence-corrected chi connectivity index (χ1v) is 11.8. The van der Waals surface area contributed by atoms with Crippen molar-refractivity contribution in [2.24, 2.45) is 5.92 Å². The molecule has 0 amide bonds. The summed E-state index contributed by atoms with van der Waals surface area (Å²) in [6.07, 6.45) is 9.15. The minimum Gasteiger partial charge on any atom is -0.207 e. The van der Waals surface area contributed by atoms with Gasteiger partial charge >= 0.3 is 0 Å². The van der Waals surface area contributed by atoms with E-state index in [1.807, 2.05) is 24.3 Å². The molecule has 1 aliphatic carbocycles. The normalized spacial score (nSPS) is 18.8. The van der Waals surface area contributed by atoms with Crippen molar-refractivity contribution in [3.63, 3.8) is 0 Å². The first-order valence-electron chi connectivity index (χ1n) is 11.8. The summed E-state index contributed by atoms with van der Waals surface area (Å²) in [7, 11) is 0. The van der Waals surface area contributed by atoms with Gasteiger partial charge in [0.25, 0.3) is 0 Å². The lowest BCUT2D eigenvalue weighted by atomic mass is 9.77. The third kappa shape index (κ3) is 5.61. The zero-order valence-electron chi connectivity index (χ0n) is 18.4. The Labute approximate surface area is 185 Å². The molecule has 0 radical (unpaired) electrons. The smallest absolute Gasteiger partial charge is 0.131 e. The molecule has 3 aromatic carbocycles. The molecular formula is C29H32F2. The predicted octanol–water partition coefficient (Wildman–Crippen LogP) is 8.49. The second-order valence-electron chi connectivity index (χ2n) is 9.07. The fraction of sp³-hybridized carbons (Fsp3) is 0.379. The number of halogens is 2. The molecule has 0 atom stereocenters. The second-order valence-corrected chi connectivity index (χ2v) is 9.07. The molecule has 0 bridgehead atoms. The van der Waals surface area contributed by atoms with Crippen LogP contribution in [0.1, 0.15) is 68.1 Å². The Morgan fingerprint density at radius 2 is 1.52 bits per heavy atom. The van der Waals surface area contributed by atoms with Crippen molar-refractivity contribution in [3.8, 4) is 11.1 Å². The highest BCUT2D eigenvalue weighted by Gasteiger charge is 2.22. The van der Waals surface area contributed by atoms with E-state index in [-0.39, 0.29) is 11.6 Å². The van der Waals surface area contributed by atoms with Crippen LogP contribution in [0.15, 0.2) is 66.7 Å². The molecule has 162 valence electrons. The van der Waals surface area contributed by atoms with Crippen molar-refractivity contribution in [1.29, 1.82) is 0 Å². The molecule has 3 aromatic rings. The second kappa shape index (κ2) is 10.2. The largest absolute Gasteiger partial charge is 0.207 e. The van der Waals surface area contributed by atoms with Crippen LogP contribution in [-0.4, -0.2) is 0 Å². The number of hydrogen-bond donors (Lipinski definition) is 0. The highest BCUT2D eigenvalue weighted by molar-refractivity contribution is 5.65. The van der Waals surface area contributed by atoms with Crippen LogP contribution in [0.5, 0.6) is 0 Å². The number of aryl methyl sites for hydroxylation is 2. The SMILES string of the molecule is CCC[C@H]1CC[C@H](c2ccc(-c3ccc(CCc4cccc(F)c4)cc3)c(F)c2)CC1. The molecule has 0 saturated heterocycles. The van der Waals surface area contributed by atoms with Gasteiger partial charge in [-0.25, -0.2) is 8.78 Å². The average molecular weight is 419 g/mol. The Morgan fingerprint density at radius 3 is 2.19 bits per heavy atom. The summed E-state index contributed by atoms with van der Waals surface area (Å²) in [4.78, 5) is 0. The van der Waals surface area contributed by atoms with E-state index in [0.717, 1.165) is 35.4 Å². The molecule has 1 aliphatic rings. The van der Waals surface area contributed by atoms with Crippen LogP contribution in [0.3, 0.4) is 0 Å². The van der Waals surface area contributed by atoms with Crippen molar-refractivity contribution in [2.75, 3.05) is 0 Å². The van der Waals surface area contributed by atoms with Gasteiger partial charge in [0, 0.05) is 5.56 Å². The lowest BCUT2D eigenvalue weighted by Crippen LogP contribution is -2.13. The zero-order chi connectivity index (χ0) is 21.6. The summed E-state index contributed by atoms with van der Waals surface area (Å²) < 4.78 is 28.3.